The molecule has 0 heterocycles. The van der Waals surface area contributed by atoms with Crippen LogP contribution in [0.15, 0.2) is 0 Å². The van der Waals surface area contributed by atoms with Crippen molar-refractivity contribution >= 4 is 0 Å². The molecule has 1 rings (SSSR count). The van der Waals surface area contributed by atoms with Gasteiger partial charge in [-0.05, 0) is 33.1 Å². The first-order valence-electron chi connectivity index (χ1n) is 3.94. The quantitative estimate of drug-likeness (QED) is 0.647. The van der Waals surface area contributed by atoms with Gasteiger partial charge in [0.1, 0.15) is 0 Å². The maximum Gasteiger partial charge on any atom is 0.0745 e. The molecule has 60 valence electrons. The van der Waals surface area contributed by atoms with Crippen LogP contribution in [0.4, 0.5) is 0 Å². The van der Waals surface area contributed by atoms with Crippen LogP contribution in [0.2, 0.25) is 0 Å². The van der Waals surface area contributed by atoms with Gasteiger partial charge in [0, 0.05) is 0 Å². The van der Waals surface area contributed by atoms with E-state index in [9.17, 15) is 0 Å². The Morgan fingerprint density at radius 3 is 2.50 bits per heavy atom. The molecule has 0 amide bonds. The fraction of sp³-hybridized carbons (Fsp3) is 1.00. The maximum atomic E-state index is 8.91. The van der Waals surface area contributed by atoms with Gasteiger partial charge in [-0.2, -0.15) is 0 Å². The summed E-state index contributed by atoms with van der Waals surface area (Å²) >= 11 is 0. The van der Waals surface area contributed by atoms with Crippen molar-refractivity contribution in [1.82, 2.24) is 0 Å². The van der Waals surface area contributed by atoms with Crippen LogP contribution in [0.1, 0.15) is 33.1 Å². The average molecular weight is 144 g/mol. The molecule has 2 nitrogen and oxygen atoms in total. The van der Waals surface area contributed by atoms with Crippen LogP contribution in [-0.4, -0.2) is 23.4 Å². The molecule has 0 radical (unpaired) electrons. The van der Waals surface area contributed by atoms with Crippen molar-refractivity contribution < 1.29 is 9.84 Å². The molecule has 2 heteroatoms. The van der Waals surface area contributed by atoms with Crippen LogP contribution < -0.4 is 0 Å². The summed E-state index contributed by atoms with van der Waals surface area (Å²) < 4.78 is 5.48. The Balaban J connectivity index is 2.12. The van der Waals surface area contributed by atoms with Crippen LogP contribution >= 0.6 is 0 Å². The summed E-state index contributed by atoms with van der Waals surface area (Å²) in [7, 11) is 0. The minimum atomic E-state index is -0.322. The molecule has 1 N–H and O–H groups in total. The number of hydrogen-bond donors (Lipinski definition) is 1. The fourth-order valence-corrected chi connectivity index (χ4v) is 1.14. The molecule has 0 aromatic heterocycles. The van der Waals surface area contributed by atoms with Crippen molar-refractivity contribution in [3.8, 4) is 0 Å². The molecule has 1 aliphatic rings. The standard InChI is InChI=1S/C8H16O2/c1-7(9)6-10-8(2)4-3-5-8/h7,9H,3-6H2,1-2H3. The molecule has 0 spiro atoms. The zero-order chi connectivity index (χ0) is 7.61. The molecule has 1 unspecified atom stereocenters. The van der Waals surface area contributed by atoms with Crippen molar-refractivity contribution in [2.75, 3.05) is 6.61 Å². The highest BCUT2D eigenvalue weighted by molar-refractivity contribution is 4.84. The molecule has 1 aliphatic carbocycles. The van der Waals surface area contributed by atoms with Gasteiger partial charge in [-0.25, -0.2) is 0 Å². The number of hydrogen-bond acceptors (Lipinski definition) is 2. The monoisotopic (exact) mass is 144 g/mol. The Labute approximate surface area is 62.2 Å². The molecule has 0 aromatic carbocycles. The normalized spacial score (nSPS) is 25.5. The van der Waals surface area contributed by atoms with Gasteiger partial charge in [0.25, 0.3) is 0 Å². The minimum absolute atomic E-state index is 0.0942. The zero-order valence-corrected chi connectivity index (χ0v) is 6.76. The summed E-state index contributed by atoms with van der Waals surface area (Å²) in [5, 5.41) is 8.91. The van der Waals surface area contributed by atoms with Gasteiger partial charge < -0.3 is 9.84 Å². The first kappa shape index (κ1) is 8.02. The summed E-state index contributed by atoms with van der Waals surface area (Å²) in [5.41, 5.74) is 0.0942. The van der Waals surface area contributed by atoms with Crippen molar-refractivity contribution in [1.29, 1.82) is 0 Å². The number of ether oxygens (including phenoxy) is 1. The lowest BCUT2D eigenvalue weighted by Crippen LogP contribution is -2.38. The highest BCUT2D eigenvalue weighted by atomic mass is 16.5. The van der Waals surface area contributed by atoms with Crippen molar-refractivity contribution in [2.24, 2.45) is 0 Å². The Morgan fingerprint density at radius 1 is 1.60 bits per heavy atom. The average Bonchev–Trinajstić information content (AvgIpc) is 1.79. The van der Waals surface area contributed by atoms with E-state index in [2.05, 4.69) is 6.92 Å². The van der Waals surface area contributed by atoms with Crippen molar-refractivity contribution in [3.05, 3.63) is 0 Å². The molecule has 1 saturated carbocycles. The smallest absolute Gasteiger partial charge is 0.0745 e. The third-order valence-corrected chi connectivity index (χ3v) is 2.08. The molecular formula is C8H16O2. The Bertz CT molecular complexity index is 106. The largest absolute Gasteiger partial charge is 0.391 e. The molecule has 0 bridgehead atoms. The summed E-state index contributed by atoms with van der Waals surface area (Å²) in [6.07, 6.45) is 3.26. The molecular weight excluding hydrogens is 128 g/mol. The molecule has 1 fully saturated rings. The van der Waals surface area contributed by atoms with Gasteiger partial charge in [0.2, 0.25) is 0 Å². The lowest BCUT2D eigenvalue weighted by atomic mass is 9.82. The Hall–Kier alpha value is -0.0800. The van der Waals surface area contributed by atoms with E-state index in [1.165, 1.54) is 6.42 Å². The van der Waals surface area contributed by atoms with E-state index < -0.39 is 0 Å². The van der Waals surface area contributed by atoms with Crippen LogP contribution in [0.5, 0.6) is 0 Å². The van der Waals surface area contributed by atoms with E-state index in [1.54, 1.807) is 6.92 Å². The van der Waals surface area contributed by atoms with Gasteiger partial charge in [-0.3, -0.25) is 0 Å². The van der Waals surface area contributed by atoms with Crippen molar-refractivity contribution in [3.63, 3.8) is 0 Å². The van der Waals surface area contributed by atoms with Gasteiger partial charge in [0.05, 0.1) is 18.3 Å². The first-order chi connectivity index (χ1) is 4.62. The van der Waals surface area contributed by atoms with E-state index >= 15 is 0 Å². The van der Waals surface area contributed by atoms with Crippen LogP contribution in [0.3, 0.4) is 0 Å². The second-order valence-electron chi connectivity index (χ2n) is 3.46. The van der Waals surface area contributed by atoms with E-state index in [1.807, 2.05) is 0 Å². The molecule has 10 heavy (non-hydrogen) atoms. The first-order valence-corrected chi connectivity index (χ1v) is 3.94. The number of aliphatic hydroxyl groups is 1. The van der Waals surface area contributed by atoms with Crippen molar-refractivity contribution in [2.45, 2.75) is 44.8 Å². The zero-order valence-electron chi connectivity index (χ0n) is 6.76. The SMILES string of the molecule is CC(O)COC1(C)CCC1. The lowest BCUT2D eigenvalue weighted by molar-refractivity contribution is -0.108. The Kier molecular flexibility index (Phi) is 2.32. The topological polar surface area (TPSA) is 29.5 Å². The summed E-state index contributed by atoms with van der Waals surface area (Å²) in [4.78, 5) is 0. The van der Waals surface area contributed by atoms with E-state index in [4.69, 9.17) is 9.84 Å². The minimum Gasteiger partial charge on any atom is -0.391 e. The van der Waals surface area contributed by atoms with E-state index in [0.717, 1.165) is 12.8 Å². The molecule has 0 saturated heterocycles. The summed E-state index contributed by atoms with van der Waals surface area (Å²) in [6, 6.07) is 0. The second kappa shape index (κ2) is 2.89. The number of rotatable bonds is 3. The highest BCUT2D eigenvalue weighted by Gasteiger charge is 2.32. The van der Waals surface area contributed by atoms with Gasteiger partial charge in [0.15, 0.2) is 0 Å². The lowest BCUT2D eigenvalue weighted by Gasteiger charge is -2.38. The maximum absolute atomic E-state index is 8.91. The van der Waals surface area contributed by atoms with E-state index in [-0.39, 0.29) is 11.7 Å². The van der Waals surface area contributed by atoms with Crippen LogP contribution in [0, 0.1) is 0 Å². The van der Waals surface area contributed by atoms with Gasteiger partial charge >= 0.3 is 0 Å². The predicted octanol–water partition coefficient (Wildman–Crippen LogP) is 1.33. The molecule has 1 atom stereocenters. The highest BCUT2D eigenvalue weighted by Crippen LogP contribution is 2.34. The fourth-order valence-electron chi connectivity index (χ4n) is 1.14. The molecule has 0 aromatic rings. The third kappa shape index (κ3) is 1.96. The summed E-state index contributed by atoms with van der Waals surface area (Å²) in [5.74, 6) is 0. The Morgan fingerprint density at radius 2 is 2.20 bits per heavy atom. The number of aliphatic hydroxyl groups excluding tert-OH is 1. The van der Waals surface area contributed by atoms with Crippen LogP contribution in [0.25, 0.3) is 0 Å². The van der Waals surface area contributed by atoms with Gasteiger partial charge in [-0.1, -0.05) is 0 Å². The third-order valence-electron chi connectivity index (χ3n) is 2.08. The second-order valence-corrected chi connectivity index (χ2v) is 3.46. The van der Waals surface area contributed by atoms with E-state index in [0.29, 0.717) is 6.61 Å². The van der Waals surface area contributed by atoms with Gasteiger partial charge in [-0.15, -0.1) is 0 Å². The molecule has 0 aliphatic heterocycles. The summed E-state index contributed by atoms with van der Waals surface area (Å²) in [6.45, 7) is 4.34. The van der Waals surface area contributed by atoms with Crippen LogP contribution in [-0.2, 0) is 4.74 Å². The predicted molar refractivity (Wildman–Crippen MR) is 39.9 cm³/mol.